The zero-order chi connectivity index (χ0) is 27.0. The second-order valence-corrected chi connectivity index (χ2v) is 10.5. The fourth-order valence-corrected chi connectivity index (χ4v) is 7.24. The average molecular weight is 494 g/mol. The first-order chi connectivity index (χ1) is 19.5. The molecule has 2 aliphatic rings. The van der Waals surface area contributed by atoms with Gasteiger partial charge in [0.1, 0.15) is 0 Å². The Balaban J connectivity index is 1.49. The maximum atomic E-state index is 8.04. The number of nitrogens with zero attached hydrogens (tertiary/aromatic N) is 3. The molecule has 0 aliphatic carbocycles. The van der Waals surface area contributed by atoms with E-state index in [-0.39, 0.29) is 12.4 Å². The number of para-hydroxylation sites is 3. The summed E-state index contributed by atoms with van der Waals surface area (Å²) < 4.78 is 26.3. The van der Waals surface area contributed by atoms with Gasteiger partial charge in [0.15, 0.2) is 0 Å². The highest BCUT2D eigenvalue weighted by molar-refractivity contribution is 7.33. The van der Waals surface area contributed by atoms with Crippen LogP contribution in [0.1, 0.15) is 9.81 Å². The minimum absolute atomic E-state index is 0.00550. The first-order valence-corrected chi connectivity index (χ1v) is 13.2. The van der Waals surface area contributed by atoms with Crippen molar-refractivity contribution in [3.05, 3.63) is 121 Å². The molecule has 3 nitrogen and oxygen atoms in total. The Bertz CT molecular complexity index is 1920. The lowest BCUT2D eigenvalue weighted by molar-refractivity contribution is 1.22. The molecule has 2 aliphatic heterocycles. The Labute approximate surface area is 224 Å². The molecule has 0 bridgehead atoms. The first kappa shape index (κ1) is 18.0. The lowest BCUT2D eigenvalue weighted by Gasteiger charge is -2.43. The van der Waals surface area contributed by atoms with Crippen LogP contribution in [-0.4, -0.2) is 11.7 Å². The van der Waals surface area contributed by atoms with Gasteiger partial charge in [0.25, 0.3) is 6.71 Å². The number of aromatic nitrogens is 1. The molecule has 0 spiro atoms. The third kappa shape index (κ3) is 2.92. The zero-order valence-corrected chi connectivity index (χ0v) is 20.6. The van der Waals surface area contributed by atoms with Crippen molar-refractivity contribution in [3.63, 3.8) is 0 Å². The average Bonchev–Trinajstić information content (AvgIpc) is 3.36. The molecule has 0 saturated carbocycles. The molecule has 6 aromatic rings. The number of anilines is 6. The molecule has 2 aromatic heterocycles. The van der Waals surface area contributed by atoms with E-state index in [2.05, 4.69) is 93.6 Å². The summed E-state index contributed by atoms with van der Waals surface area (Å²) in [5, 5.41) is 0.920. The lowest BCUT2D eigenvalue weighted by Crippen LogP contribution is -2.60. The number of hydrogen-bond acceptors (Lipinski definition) is 4. The highest BCUT2D eigenvalue weighted by Gasteiger charge is 2.44. The van der Waals surface area contributed by atoms with Gasteiger partial charge in [-0.05, 0) is 66.3 Å². The van der Waals surface area contributed by atoms with E-state index >= 15 is 0 Å². The van der Waals surface area contributed by atoms with Crippen molar-refractivity contribution in [2.75, 3.05) is 9.80 Å². The summed E-state index contributed by atoms with van der Waals surface area (Å²) in [7, 11) is 0. The molecule has 5 heteroatoms. The summed E-state index contributed by atoms with van der Waals surface area (Å²) in [6.45, 7) is -2.28. The highest BCUT2D eigenvalue weighted by atomic mass is 32.1. The molecular formula is C32H22BN3S. The molecular weight excluding hydrogens is 469 g/mol. The van der Waals surface area contributed by atoms with Crippen LogP contribution in [0.3, 0.4) is 0 Å². The molecule has 0 unspecified atom stereocenters. The number of thiophene rings is 1. The summed E-state index contributed by atoms with van der Waals surface area (Å²) >= 11 is 1.71. The molecule has 8 rings (SSSR count). The largest absolute Gasteiger partial charge is 0.311 e. The van der Waals surface area contributed by atoms with Gasteiger partial charge in [0, 0.05) is 54.6 Å². The molecule has 0 saturated heterocycles. The SMILES string of the molecule is [2H]C([2H])([2H])c1cc2c3c(sc2cn1)B1c2ccccc2N(c2ccccc2)c2cccc(c21)N3c1ccccc1. The monoisotopic (exact) mass is 494 g/mol. The van der Waals surface area contributed by atoms with Gasteiger partial charge in [-0.15, -0.1) is 11.3 Å². The second kappa shape index (κ2) is 7.83. The first-order valence-electron chi connectivity index (χ1n) is 13.9. The summed E-state index contributed by atoms with van der Waals surface area (Å²) in [4.78, 5) is 9.04. The molecule has 37 heavy (non-hydrogen) atoms. The number of aryl methyl sites for hydroxylation is 1. The van der Waals surface area contributed by atoms with Crippen LogP contribution in [0.25, 0.3) is 10.1 Å². The van der Waals surface area contributed by atoms with Gasteiger partial charge in [0.05, 0.1) is 10.4 Å². The van der Waals surface area contributed by atoms with Crippen LogP contribution in [0.4, 0.5) is 34.1 Å². The predicted octanol–water partition coefficient (Wildman–Crippen LogP) is 6.69. The maximum absolute atomic E-state index is 8.04. The van der Waals surface area contributed by atoms with Crippen molar-refractivity contribution in [1.29, 1.82) is 0 Å². The fourth-order valence-electron chi connectivity index (χ4n) is 5.98. The normalized spacial score (nSPS) is 14.9. The molecule has 0 atom stereocenters. The van der Waals surface area contributed by atoms with Gasteiger partial charge in [-0.25, -0.2) is 0 Å². The van der Waals surface area contributed by atoms with E-state index in [1.807, 2.05) is 24.3 Å². The highest BCUT2D eigenvalue weighted by Crippen LogP contribution is 2.47. The van der Waals surface area contributed by atoms with E-state index in [1.165, 1.54) is 15.7 Å². The molecule has 0 fully saturated rings. The number of fused-ring (bicyclic) bond motifs is 6. The number of hydrogen-bond donors (Lipinski definition) is 0. The van der Waals surface area contributed by atoms with E-state index in [9.17, 15) is 0 Å². The van der Waals surface area contributed by atoms with Crippen molar-refractivity contribution in [2.45, 2.75) is 6.85 Å². The van der Waals surface area contributed by atoms with E-state index in [0.29, 0.717) is 0 Å². The third-order valence-corrected chi connectivity index (χ3v) is 8.60. The van der Waals surface area contributed by atoms with Gasteiger partial charge >= 0.3 is 0 Å². The summed E-state index contributed by atoms with van der Waals surface area (Å²) in [6.07, 6.45) is 1.74. The van der Waals surface area contributed by atoms with E-state index < -0.39 is 6.85 Å². The van der Waals surface area contributed by atoms with Crippen molar-refractivity contribution in [1.82, 2.24) is 4.98 Å². The van der Waals surface area contributed by atoms with Gasteiger partial charge in [-0.1, -0.05) is 60.7 Å². The van der Waals surface area contributed by atoms with Crippen LogP contribution in [0.5, 0.6) is 0 Å². The van der Waals surface area contributed by atoms with Crippen LogP contribution >= 0.6 is 11.3 Å². The number of pyridine rings is 1. The van der Waals surface area contributed by atoms with Crippen LogP contribution in [-0.2, 0) is 0 Å². The van der Waals surface area contributed by atoms with Crippen LogP contribution in [0, 0.1) is 6.85 Å². The smallest absolute Gasteiger partial charge is 0.264 e. The van der Waals surface area contributed by atoms with Gasteiger partial charge in [0.2, 0.25) is 0 Å². The third-order valence-electron chi connectivity index (χ3n) is 7.41. The number of rotatable bonds is 2. The van der Waals surface area contributed by atoms with Crippen molar-refractivity contribution in [2.24, 2.45) is 0 Å². The topological polar surface area (TPSA) is 19.4 Å². The lowest BCUT2D eigenvalue weighted by atomic mass is 9.36. The fraction of sp³-hybridized carbons (Fsp3) is 0.0312. The molecule has 4 aromatic carbocycles. The molecule has 0 amide bonds. The Morgan fingerprint density at radius 1 is 0.730 bits per heavy atom. The van der Waals surface area contributed by atoms with Crippen molar-refractivity contribution < 1.29 is 4.11 Å². The number of benzene rings is 4. The summed E-state index contributed by atoms with van der Waals surface area (Å²) in [5.74, 6) is 0. The minimum Gasteiger partial charge on any atom is -0.311 e. The van der Waals surface area contributed by atoms with E-state index in [1.54, 1.807) is 23.6 Å². The molecule has 0 radical (unpaired) electrons. The van der Waals surface area contributed by atoms with Crippen LogP contribution < -0.4 is 25.5 Å². The second-order valence-electron chi connectivity index (χ2n) is 9.42. The van der Waals surface area contributed by atoms with E-state index in [0.717, 1.165) is 44.2 Å². The quantitative estimate of drug-likeness (QED) is 0.250. The summed E-state index contributed by atoms with van der Waals surface area (Å²) in [5.41, 5.74) is 9.19. The zero-order valence-electron chi connectivity index (χ0n) is 22.8. The summed E-state index contributed by atoms with van der Waals surface area (Å²) in [6, 6.07) is 37.8. The molecule has 0 N–H and O–H groups in total. The Kier molecular flexibility index (Phi) is 3.80. The van der Waals surface area contributed by atoms with Gasteiger partial charge in [-0.2, -0.15) is 0 Å². The molecule has 4 heterocycles. The van der Waals surface area contributed by atoms with Crippen molar-refractivity contribution >= 4 is 78.0 Å². The Hall–Kier alpha value is -4.35. The minimum atomic E-state index is -2.28. The van der Waals surface area contributed by atoms with E-state index in [4.69, 9.17) is 4.11 Å². The standard InChI is InChI=1S/C32H22BN3S/c1-21-19-24-29(20-34-21)37-32-31(24)36(23-13-6-3-7-14-23)28-18-10-17-27-30(28)33(32)25-15-8-9-16-26(25)35(27)22-11-4-2-5-12-22/h2-20H,1H3/i1D3. The van der Waals surface area contributed by atoms with Gasteiger partial charge in [-0.3, -0.25) is 4.98 Å². The van der Waals surface area contributed by atoms with Crippen LogP contribution in [0.15, 0.2) is 115 Å². The van der Waals surface area contributed by atoms with Crippen LogP contribution in [0.2, 0.25) is 0 Å². The van der Waals surface area contributed by atoms with Crippen molar-refractivity contribution in [3.8, 4) is 0 Å². The Morgan fingerprint density at radius 2 is 1.38 bits per heavy atom. The van der Waals surface area contributed by atoms with Gasteiger partial charge < -0.3 is 9.80 Å². The predicted molar refractivity (Wildman–Crippen MR) is 158 cm³/mol. The maximum Gasteiger partial charge on any atom is 0.264 e. The Morgan fingerprint density at radius 3 is 2.14 bits per heavy atom. The molecule has 174 valence electrons.